The van der Waals surface area contributed by atoms with Gasteiger partial charge in [-0.2, -0.15) is 0 Å². The van der Waals surface area contributed by atoms with E-state index in [1.54, 1.807) is 18.2 Å². The molecule has 0 unspecified atom stereocenters. The summed E-state index contributed by atoms with van der Waals surface area (Å²) in [4.78, 5) is 19.0. The summed E-state index contributed by atoms with van der Waals surface area (Å²) in [6, 6.07) is 11.5. The second-order valence-corrected chi connectivity index (χ2v) is 3.83. The summed E-state index contributed by atoms with van der Waals surface area (Å²) in [5.41, 5.74) is 0.473. The lowest BCUT2D eigenvalue weighted by atomic mass is 10.2. The van der Waals surface area contributed by atoms with Crippen molar-refractivity contribution in [3.05, 3.63) is 80.9 Å². The molecule has 0 spiro atoms. The lowest BCUT2D eigenvalue weighted by molar-refractivity contribution is -0.394. The Morgan fingerprint density at radius 1 is 0.952 bits per heavy atom. The maximum absolute atomic E-state index is 10.2. The number of non-ortho nitro benzene ring substituents is 2. The molecule has 0 radical (unpaired) electrons. The predicted octanol–water partition coefficient (Wildman–Crippen LogP) is 3.54. The van der Waals surface area contributed by atoms with Crippen LogP contribution in [0.25, 0.3) is 6.08 Å². The molecule has 0 bridgehead atoms. The lowest BCUT2D eigenvalue weighted by Gasteiger charge is -1.90. The Morgan fingerprint density at radius 2 is 1.43 bits per heavy atom. The van der Waals surface area contributed by atoms with Crippen LogP contribution in [0.3, 0.4) is 0 Å². The number of aromatic hydroxyl groups is 1. The number of rotatable bonds is 3. The Morgan fingerprint density at radius 3 is 1.81 bits per heavy atom. The first kappa shape index (κ1) is 15.8. The quantitative estimate of drug-likeness (QED) is 0.686. The molecule has 1 N–H and O–H groups in total. The molecule has 0 aromatic heterocycles. The molecule has 0 saturated heterocycles. The van der Waals surface area contributed by atoms with Gasteiger partial charge in [-0.15, -0.1) is 0 Å². The molecule has 0 aliphatic rings. The van der Waals surface area contributed by atoms with Crippen LogP contribution in [0.1, 0.15) is 5.56 Å². The minimum absolute atomic E-state index is 0.274. The van der Waals surface area contributed by atoms with Crippen molar-refractivity contribution in [1.82, 2.24) is 0 Å². The van der Waals surface area contributed by atoms with Crippen molar-refractivity contribution < 1.29 is 15.0 Å². The maximum Gasteiger partial charge on any atom is 0.276 e. The molecule has 7 heteroatoms. The zero-order valence-corrected chi connectivity index (χ0v) is 10.9. The average Bonchev–Trinajstić information content (AvgIpc) is 2.49. The smallest absolute Gasteiger partial charge is 0.276 e. The summed E-state index contributed by atoms with van der Waals surface area (Å²) in [7, 11) is 0. The number of hydrogen-bond donors (Lipinski definition) is 1. The Kier molecular flexibility index (Phi) is 5.57. The normalized spacial score (nSPS) is 9.14. The molecule has 0 saturated carbocycles. The van der Waals surface area contributed by atoms with E-state index in [9.17, 15) is 20.2 Å². The highest BCUT2D eigenvalue weighted by Crippen LogP contribution is 2.18. The summed E-state index contributed by atoms with van der Waals surface area (Å²) in [5, 5.41) is 29.1. The van der Waals surface area contributed by atoms with E-state index in [2.05, 4.69) is 6.58 Å². The van der Waals surface area contributed by atoms with E-state index in [1.807, 2.05) is 12.1 Å². The molecule has 0 heterocycles. The van der Waals surface area contributed by atoms with Gasteiger partial charge in [0, 0.05) is 12.1 Å². The molecule has 0 atom stereocenters. The van der Waals surface area contributed by atoms with Gasteiger partial charge < -0.3 is 5.11 Å². The molecule has 2 rings (SSSR count). The third kappa shape index (κ3) is 5.11. The van der Waals surface area contributed by atoms with E-state index < -0.39 is 9.85 Å². The fraction of sp³-hybridized carbons (Fsp3) is 0. The zero-order chi connectivity index (χ0) is 15.8. The summed E-state index contributed by atoms with van der Waals surface area (Å²) in [6.07, 6.45) is 1.74. The van der Waals surface area contributed by atoms with Crippen molar-refractivity contribution in [1.29, 1.82) is 0 Å². The molecule has 0 aliphatic carbocycles. The topological polar surface area (TPSA) is 107 Å². The first-order valence-electron chi connectivity index (χ1n) is 5.74. The van der Waals surface area contributed by atoms with E-state index in [-0.39, 0.29) is 11.4 Å². The number of benzene rings is 2. The highest BCUT2D eigenvalue weighted by atomic mass is 16.6. The highest BCUT2D eigenvalue weighted by molar-refractivity contribution is 5.47. The molecule has 108 valence electrons. The third-order valence-corrected chi connectivity index (χ3v) is 2.38. The Labute approximate surface area is 120 Å². The van der Waals surface area contributed by atoms with E-state index in [0.717, 1.165) is 11.6 Å². The van der Waals surface area contributed by atoms with Crippen molar-refractivity contribution in [2.24, 2.45) is 0 Å². The van der Waals surface area contributed by atoms with Crippen molar-refractivity contribution >= 4 is 17.5 Å². The van der Waals surface area contributed by atoms with Gasteiger partial charge in [0.05, 0.1) is 15.9 Å². The zero-order valence-electron chi connectivity index (χ0n) is 10.9. The van der Waals surface area contributed by atoms with Crippen LogP contribution < -0.4 is 0 Å². The molecule has 0 fully saturated rings. The van der Waals surface area contributed by atoms with Crippen LogP contribution in [0.15, 0.2) is 55.1 Å². The van der Waals surface area contributed by atoms with Crippen LogP contribution in [-0.4, -0.2) is 15.0 Å². The Bertz CT molecular complexity index is 623. The average molecular weight is 288 g/mol. The fourth-order valence-corrected chi connectivity index (χ4v) is 1.33. The maximum atomic E-state index is 10.2. The molecule has 0 amide bonds. The number of nitrogens with zero attached hydrogens (tertiary/aromatic N) is 2. The molecular weight excluding hydrogens is 276 g/mol. The van der Waals surface area contributed by atoms with Crippen molar-refractivity contribution in [3.8, 4) is 5.75 Å². The first-order valence-corrected chi connectivity index (χ1v) is 5.74. The fourth-order valence-electron chi connectivity index (χ4n) is 1.33. The van der Waals surface area contributed by atoms with E-state index in [0.29, 0.717) is 5.75 Å². The third-order valence-electron chi connectivity index (χ3n) is 2.38. The van der Waals surface area contributed by atoms with Crippen molar-refractivity contribution in [2.75, 3.05) is 0 Å². The molecule has 7 nitrogen and oxygen atoms in total. The number of nitro groups is 2. The molecular formula is C14H12N2O5. The summed E-state index contributed by atoms with van der Waals surface area (Å²) < 4.78 is 0. The Hall–Kier alpha value is -3.22. The molecule has 2 aromatic carbocycles. The van der Waals surface area contributed by atoms with Gasteiger partial charge in [-0.3, -0.25) is 20.2 Å². The van der Waals surface area contributed by atoms with Crippen molar-refractivity contribution in [3.63, 3.8) is 0 Å². The second-order valence-electron chi connectivity index (χ2n) is 3.83. The van der Waals surface area contributed by atoms with Gasteiger partial charge >= 0.3 is 0 Å². The van der Waals surface area contributed by atoms with Gasteiger partial charge in [0.25, 0.3) is 11.4 Å². The number of nitro benzene ring substituents is 2. The molecule has 2 aromatic rings. The van der Waals surface area contributed by atoms with Crippen LogP contribution in [0.4, 0.5) is 11.4 Å². The van der Waals surface area contributed by atoms with Gasteiger partial charge in [-0.1, -0.05) is 24.8 Å². The number of hydrogen-bond acceptors (Lipinski definition) is 5. The van der Waals surface area contributed by atoms with Crippen LogP contribution in [-0.2, 0) is 0 Å². The van der Waals surface area contributed by atoms with Gasteiger partial charge in [0.1, 0.15) is 5.75 Å². The van der Waals surface area contributed by atoms with Crippen LogP contribution >= 0.6 is 0 Å². The minimum Gasteiger partial charge on any atom is -0.508 e. The van der Waals surface area contributed by atoms with Gasteiger partial charge in [-0.25, -0.2) is 0 Å². The highest BCUT2D eigenvalue weighted by Gasteiger charge is 2.11. The lowest BCUT2D eigenvalue weighted by Crippen LogP contribution is -1.91. The standard InChI is InChI=1S/C8H8O.C6H4N2O4/c1-2-7-3-5-8(9)6-4-7;9-7(10)5-2-1-3-6(4-5)8(11)12/h2-6,9H,1H2;1-4H. The summed E-state index contributed by atoms with van der Waals surface area (Å²) >= 11 is 0. The summed E-state index contributed by atoms with van der Waals surface area (Å²) in [6.45, 7) is 3.58. The van der Waals surface area contributed by atoms with Crippen LogP contribution in [0, 0.1) is 20.2 Å². The summed E-state index contributed by atoms with van der Waals surface area (Å²) in [5.74, 6) is 0.292. The molecule has 0 aliphatic heterocycles. The number of phenols is 1. The second kappa shape index (κ2) is 7.39. The van der Waals surface area contributed by atoms with E-state index in [4.69, 9.17) is 5.11 Å². The Balaban J connectivity index is 0.000000219. The van der Waals surface area contributed by atoms with Crippen molar-refractivity contribution in [2.45, 2.75) is 0 Å². The van der Waals surface area contributed by atoms with Crippen LogP contribution in [0.2, 0.25) is 0 Å². The predicted molar refractivity (Wildman–Crippen MR) is 77.9 cm³/mol. The number of phenolic OH excluding ortho intramolecular Hbond substituents is 1. The van der Waals surface area contributed by atoms with Gasteiger partial charge in [-0.05, 0) is 23.8 Å². The molecule has 21 heavy (non-hydrogen) atoms. The van der Waals surface area contributed by atoms with Gasteiger partial charge in [0.2, 0.25) is 0 Å². The first-order chi connectivity index (χ1) is 9.93. The largest absolute Gasteiger partial charge is 0.508 e. The monoisotopic (exact) mass is 288 g/mol. The van der Waals surface area contributed by atoms with Crippen LogP contribution in [0.5, 0.6) is 5.75 Å². The van der Waals surface area contributed by atoms with E-state index >= 15 is 0 Å². The minimum atomic E-state index is -0.674. The SMILES string of the molecule is C=Cc1ccc(O)cc1.O=[N+]([O-])c1cccc([N+](=O)[O-])c1. The van der Waals surface area contributed by atoms with Gasteiger partial charge in [0.15, 0.2) is 0 Å². The van der Waals surface area contributed by atoms with E-state index in [1.165, 1.54) is 18.2 Å².